The van der Waals surface area contributed by atoms with Gasteiger partial charge >= 0.3 is 12.0 Å². The molecule has 0 atom stereocenters. The van der Waals surface area contributed by atoms with E-state index in [9.17, 15) is 14.4 Å². The number of urea groups is 1. The number of aromatic nitrogens is 1. The maximum atomic E-state index is 11.4. The van der Waals surface area contributed by atoms with Crippen LogP contribution < -0.4 is 10.6 Å². The molecule has 3 amide bonds. The van der Waals surface area contributed by atoms with Crippen molar-refractivity contribution in [1.82, 2.24) is 15.6 Å². The summed E-state index contributed by atoms with van der Waals surface area (Å²) in [5, 5.41) is 14.8. The van der Waals surface area contributed by atoms with Gasteiger partial charge in [-0.25, -0.2) is 9.78 Å². The minimum absolute atomic E-state index is 0.0527. The van der Waals surface area contributed by atoms with Gasteiger partial charge in [-0.2, -0.15) is 0 Å². The van der Waals surface area contributed by atoms with Crippen LogP contribution in [0.1, 0.15) is 12.6 Å². The van der Waals surface area contributed by atoms with Gasteiger partial charge in [0, 0.05) is 11.9 Å². The Morgan fingerprint density at radius 1 is 1.47 bits per heavy atom. The van der Waals surface area contributed by atoms with E-state index < -0.39 is 17.9 Å². The molecule has 0 unspecified atom stereocenters. The van der Waals surface area contributed by atoms with Crippen LogP contribution in [0, 0.1) is 0 Å². The number of nitrogens with zero attached hydrogens (tertiary/aromatic N) is 1. The van der Waals surface area contributed by atoms with Crippen LogP contribution in [0.5, 0.6) is 0 Å². The van der Waals surface area contributed by atoms with Crippen LogP contribution in [0.3, 0.4) is 0 Å². The average Bonchev–Trinajstić information content (AvgIpc) is 2.73. The lowest BCUT2D eigenvalue weighted by Gasteiger charge is -2.03. The SMILES string of the molecule is CCNC(=O)NC(=O)CSc1nc(CC(=O)O)cs1. The topological polar surface area (TPSA) is 108 Å². The molecule has 0 radical (unpaired) electrons. The number of carbonyl (C=O) groups excluding carboxylic acids is 2. The molecular weight excluding hydrogens is 290 g/mol. The predicted molar refractivity (Wildman–Crippen MR) is 71.4 cm³/mol. The quantitative estimate of drug-likeness (QED) is 0.668. The third kappa shape index (κ3) is 6.20. The van der Waals surface area contributed by atoms with Crippen LogP contribution in [-0.2, 0) is 16.0 Å². The van der Waals surface area contributed by atoms with Crippen molar-refractivity contribution in [1.29, 1.82) is 0 Å². The zero-order valence-corrected chi connectivity index (χ0v) is 11.8. The van der Waals surface area contributed by atoms with E-state index in [1.807, 2.05) is 0 Å². The van der Waals surface area contributed by atoms with Crippen molar-refractivity contribution >= 4 is 41.0 Å². The normalized spacial score (nSPS) is 9.95. The maximum absolute atomic E-state index is 11.4. The molecule has 0 aliphatic rings. The first-order valence-corrected chi connectivity index (χ1v) is 7.24. The molecule has 1 aromatic heterocycles. The van der Waals surface area contributed by atoms with Crippen molar-refractivity contribution in [2.24, 2.45) is 0 Å². The first kappa shape index (κ1) is 15.4. The van der Waals surface area contributed by atoms with Gasteiger partial charge in [-0.15, -0.1) is 11.3 Å². The van der Waals surface area contributed by atoms with Crippen LogP contribution >= 0.6 is 23.1 Å². The molecule has 1 heterocycles. The molecule has 0 bridgehead atoms. The molecule has 0 saturated carbocycles. The van der Waals surface area contributed by atoms with E-state index in [0.717, 1.165) is 11.8 Å². The molecule has 19 heavy (non-hydrogen) atoms. The molecule has 9 heteroatoms. The van der Waals surface area contributed by atoms with E-state index in [4.69, 9.17) is 5.11 Å². The first-order valence-electron chi connectivity index (χ1n) is 5.38. The Labute approximate surface area is 117 Å². The van der Waals surface area contributed by atoms with E-state index in [2.05, 4.69) is 15.6 Å². The third-order valence-corrected chi connectivity index (χ3v) is 3.85. The van der Waals surface area contributed by atoms with Crippen LogP contribution in [0.25, 0.3) is 0 Å². The summed E-state index contributed by atoms with van der Waals surface area (Å²) in [5.74, 6) is -1.32. The summed E-state index contributed by atoms with van der Waals surface area (Å²) in [4.78, 5) is 37.0. The highest BCUT2D eigenvalue weighted by Gasteiger charge is 2.10. The van der Waals surface area contributed by atoms with Crippen molar-refractivity contribution in [2.75, 3.05) is 12.3 Å². The maximum Gasteiger partial charge on any atom is 0.321 e. The van der Waals surface area contributed by atoms with E-state index in [1.54, 1.807) is 12.3 Å². The van der Waals surface area contributed by atoms with Gasteiger partial charge < -0.3 is 10.4 Å². The number of carboxylic acid groups (broad SMARTS) is 1. The number of hydrogen-bond donors (Lipinski definition) is 3. The number of nitrogens with one attached hydrogen (secondary N) is 2. The fraction of sp³-hybridized carbons (Fsp3) is 0.400. The molecule has 0 fully saturated rings. The van der Waals surface area contributed by atoms with Crippen molar-refractivity contribution in [3.05, 3.63) is 11.1 Å². The Bertz CT molecular complexity index is 475. The van der Waals surface area contributed by atoms with E-state index in [0.29, 0.717) is 16.6 Å². The highest BCUT2D eigenvalue weighted by molar-refractivity contribution is 8.01. The van der Waals surface area contributed by atoms with Crippen molar-refractivity contribution < 1.29 is 19.5 Å². The Kier molecular flexibility index (Phi) is 6.30. The molecule has 0 spiro atoms. The summed E-state index contributed by atoms with van der Waals surface area (Å²) >= 11 is 2.43. The van der Waals surface area contributed by atoms with Gasteiger partial charge in [0.15, 0.2) is 4.34 Å². The molecule has 1 aromatic rings. The first-order chi connectivity index (χ1) is 9.01. The summed E-state index contributed by atoms with van der Waals surface area (Å²) in [6.45, 7) is 2.19. The summed E-state index contributed by atoms with van der Waals surface area (Å²) in [5.41, 5.74) is 0.462. The number of thioether (sulfide) groups is 1. The van der Waals surface area contributed by atoms with Crippen molar-refractivity contribution in [2.45, 2.75) is 17.7 Å². The third-order valence-electron chi connectivity index (χ3n) is 1.78. The largest absolute Gasteiger partial charge is 0.481 e. The van der Waals surface area contributed by atoms with E-state index in [1.165, 1.54) is 11.3 Å². The molecular formula is C10H13N3O4S2. The van der Waals surface area contributed by atoms with Crippen LogP contribution in [0.2, 0.25) is 0 Å². The van der Waals surface area contributed by atoms with Gasteiger partial charge in [-0.3, -0.25) is 14.9 Å². The zero-order valence-electron chi connectivity index (χ0n) is 10.1. The Morgan fingerprint density at radius 3 is 2.84 bits per heavy atom. The molecule has 3 N–H and O–H groups in total. The molecule has 1 rings (SSSR count). The van der Waals surface area contributed by atoms with E-state index >= 15 is 0 Å². The van der Waals surface area contributed by atoms with Crippen molar-refractivity contribution in [3.63, 3.8) is 0 Å². The monoisotopic (exact) mass is 303 g/mol. The van der Waals surface area contributed by atoms with Crippen LogP contribution in [0.4, 0.5) is 4.79 Å². The number of thiazole rings is 1. The average molecular weight is 303 g/mol. The number of hydrogen-bond acceptors (Lipinski definition) is 6. The van der Waals surface area contributed by atoms with Gasteiger partial charge in [-0.1, -0.05) is 11.8 Å². The second-order valence-corrected chi connectivity index (χ2v) is 5.45. The Morgan fingerprint density at radius 2 is 2.21 bits per heavy atom. The van der Waals surface area contributed by atoms with E-state index in [-0.39, 0.29) is 12.2 Å². The number of carboxylic acids is 1. The molecule has 0 aliphatic carbocycles. The standard InChI is InChI=1S/C10H13N3O4S2/c1-2-11-9(17)13-7(14)5-19-10-12-6(4-18-10)3-8(15)16/h4H,2-3,5H2,1H3,(H,15,16)(H2,11,13,14,17). The zero-order chi connectivity index (χ0) is 14.3. The summed E-state index contributed by atoms with van der Waals surface area (Å²) < 4.78 is 0.599. The Hall–Kier alpha value is -1.61. The second kappa shape index (κ2) is 7.74. The van der Waals surface area contributed by atoms with Gasteiger partial charge in [0.1, 0.15) is 0 Å². The van der Waals surface area contributed by atoms with Gasteiger partial charge in [0.05, 0.1) is 17.9 Å². The summed E-state index contributed by atoms with van der Waals surface area (Å²) in [7, 11) is 0. The second-order valence-electron chi connectivity index (χ2n) is 3.37. The number of aliphatic carboxylic acids is 1. The molecule has 0 aromatic carbocycles. The summed E-state index contributed by atoms with van der Waals surface area (Å²) in [6, 6.07) is -0.529. The highest BCUT2D eigenvalue weighted by atomic mass is 32.2. The minimum atomic E-state index is -0.948. The fourth-order valence-electron chi connectivity index (χ4n) is 1.09. The lowest BCUT2D eigenvalue weighted by atomic mass is 10.3. The van der Waals surface area contributed by atoms with Crippen LogP contribution in [-0.4, -0.2) is 40.3 Å². The van der Waals surface area contributed by atoms with Crippen molar-refractivity contribution in [3.8, 4) is 0 Å². The number of carbonyl (C=O) groups is 3. The lowest BCUT2D eigenvalue weighted by Crippen LogP contribution is -2.40. The van der Waals surface area contributed by atoms with Gasteiger partial charge in [0.25, 0.3) is 0 Å². The summed E-state index contributed by atoms with van der Waals surface area (Å²) in [6.07, 6.45) is -0.137. The van der Waals surface area contributed by atoms with Crippen LogP contribution in [0.15, 0.2) is 9.72 Å². The lowest BCUT2D eigenvalue weighted by molar-refractivity contribution is -0.136. The Balaban J connectivity index is 2.35. The highest BCUT2D eigenvalue weighted by Crippen LogP contribution is 2.22. The molecule has 0 aliphatic heterocycles. The number of rotatable bonds is 6. The smallest absolute Gasteiger partial charge is 0.321 e. The molecule has 104 valence electrons. The minimum Gasteiger partial charge on any atom is -0.481 e. The molecule has 7 nitrogen and oxygen atoms in total. The van der Waals surface area contributed by atoms with Gasteiger partial charge in [-0.05, 0) is 6.92 Å². The van der Waals surface area contributed by atoms with Gasteiger partial charge in [0.2, 0.25) is 5.91 Å². The molecule has 0 saturated heterocycles. The fourth-order valence-corrected chi connectivity index (χ4v) is 2.73. The number of imide groups is 1. The predicted octanol–water partition coefficient (Wildman–Crippen LogP) is 0.708. The number of amides is 3.